The van der Waals surface area contributed by atoms with Gasteiger partial charge < -0.3 is 10.1 Å². The second-order valence-corrected chi connectivity index (χ2v) is 6.31. The number of anilines is 1. The Morgan fingerprint density at radius 3 is 2.60 bits per heavy atom. The number of aliphatic imine (C=N–C) groups is 1. The van der Waals surface area contributed by atoms with E-state index >= 15 is 0 Å². The van der Waals surface area contributed by atoms with E-state index in [4.69, 9.17) is 4.74 Å². The van der Waals surface area contributed by atoms with Crippen molar-refractivity contribution in [3.63, 3.8) is 0 Å². The van der Waals surface area contributed by atoms with Gasteiger partial charge in [0.1, 0.15) is 6.04 Å². The normalized spacial score (nSPS) is 15.4. The molecular weight excluding hydrogens is 386 g/mol. The number of esters is 1. The largest absolute Gasteiger partial charge is 0.462 e. The van der Waals surface area contributed by atoms with Gasteiger partial charge in [0.05, 0.1) is 24.8 Å². The first-order valence-electron chi connectivity index (χ1n) is 9.35. The summed E-state index contributed by atoms with van der Waals surface area (Å²) in [4.78, 5) is 40.1. The Bertz CT molecular complexity index is 971. The van der Waals surface area contributed by atoms with Crippen molar-refractivity contribution >= 4 is 35.6 Å². The molecule has 0 fully saturated rings. The molecule has 1 aliphatic heterocycles. The number of nitrogens with one attached hydrogen (secondary N) is 3. The van der Waals surface area contributed by atoms with E-state index in [1.54, 1.807) is 37.4 Å². The van der Waals surface area contributed by atoms with Gasteiger partial charge in [-0.2, -0.15) is 5.10 Å². The number of benzene rings is 2. The predicted octanol–water partition coefficient (Wildman–Crippen LogP) is 1.67. The van der Waals surface area contributed by atoms with Crippen LogP contribution in [-0.4, -0.2) is 42.6 Å². The molecule has 0 aromatic heterocycles. The summed E-state index contributed by atoms with van der Waals surface area (Å²) < 4.78 is 4.91. The average molecular weight is 407 g/mol. The lowest BCUT2D eigenvalue weighted by atomic mass is 10.2. The van der Waals surface area contributed by atoms with Crippen LogP contribution in [0.1, 0.15) is 29.3 Å². The van der Waals surface area contributed by atoms with E-state index in [1.165, 1.54) is 0 Å². The van der Waals surface area contributed by atoms with Gasteiger partial charge in [0, 0.05) is 5.69 Å². The fourth-order valence-electron chi connectivity index (χ4n) is 2.64. The highest BCUT2D eigenvalue weighted by atomic mass is 16.5. The van der Waals surface area contributed by atoms with Crippen molar-refractivity contribution < 1.29 is 19.1 Å². The highest BCUT2D eigenvalue weighted by molar-refractivity contribution is 6.07. The van der Waals surface area contributed by atoms with Crippen molar-refractivity contribution in [1.29, 1.82) is 0 Å². The molecule has 154 valence electrons. The molecule has 0 aliphatic carbocycles. The monoisotopic (exact) mass is 407 g/mol. The van der Waals surface area contributed by atoms with Crippen LogP contribution in [0.4, 0.5) is 5.69 Å². The van der Waals surface area contributed by atoms with Crippen LogP contribution in [0.25, 0.3) is 0 Å². The van der Waals surface area contributed by atoms with Crippen LogP contribution in [-0.2, 0) is 14.3 Å². The minimum Gasteiger partial charge on any atom is -0.462 e. The third-order valence-electron chi connectivity index (χ3n) is 4.07. The number of hydrogen-bond donors (Lipinski definition) is 3. The van der Waals surface area contributed by atoms with Crippen molar-refractivity contribution in [2.45, 2.75) is 19.4 Å². The van der Waals surface area contributed by atoms with Crippen molar-refractivity contribution in [3.05, 3.63) is 65.7 Å². The highest BCUT2D eigenvalue weighted by Crippen LogP contribution is 2.12. The van der Waals surface area contributed by atoms with E-state index in [1.807, 2.05) is 30.3 Å². The van der Waals surface area contributed by atoms with E-state index in [0.29, 0.717) is 11.3 Å². The lowest BCUT2D eigenvalue weighted by Crippen LogP contribution is -2.35. The molecule has 0 saturated carbocycles. The number of hydrazone groups is 1. The Kier molecular flexibility index (Phi) is 6.88. The maximum Gasteiger partial charge on any atom is 0.338 e. The van der Waals surface area contributed by atoms with Gasteiger partial charge >= 0.3 is 5.97 Å². The number of rotatable bonds is 7. The summed E-state index contributed by atoms with van der Waals surface area (Å²) in [6.45, 7) is 2.01. The van der Waals surface area contributed by atoms with Gasteiger partial charge in [-0.3, -0.25) is 14.9 Å². The van der Waals surface area contributed by atoms with Crippen LogP contribution in [0.5, 0.6) is 0 Å². The number of guanidine groups is 1. The number of hydrogen-bond acceptors (Lipinski definition) is 7. The van der Waals surface area contributed by atoms with Crippen LogP contribution < -0.4 is 16.1 Å². The smallest absolute Gasteiger partial charge is 0.338 e. The minimum absolute atomic E-state index is 0.126. The minimum atomic E-state index is -0.849. The van der Waals surface area contributed by atoms with E-state index in [0.717, 1.165) is 5.56 Å². The lowest BCUT2D eigenvalue weighted by Gasteiger charge is -2.08. The second kappa shape index (κ2) is 9.97. The second-order valence-electron chi connectivity index (χ2n) is 6.31. The van der Waals surface area contributed by atoms with Crippen molar-refractivity contribution in [1.82, 2.24) is 10.7 Å². The summed E-state index contributed by atoms with van der Waals surface area (Å²) in [5.74, 6) is -1.01. The molecule has 30 heavy (non-hydrogen) atoms. The number of amides is 2. The molecule has 2 aromatic carbocycles. The first kappa shape index (κ1) is 20.7. The molecule has 0 spiro atoms. The number of carbonyl (C=O) groups excluding carboxylic acids is 3. The number of ether oxygens (including phenoxy) is 1. The molecule has 0 saturated heterocycles. The van der Waals surface area contributed by atoms with Crippen LogP contribution in [0.3, 0.4) is 0 Å². The summed E-state index contributed by atoms with van der Waals surface area (Å²) in [5.41, 5.74) is 4.43. The first-order valence-corrected chi connectivity index (χ1v) is 9.35. The molecule has 3 rings (SSSR count). The summed E-state index contributed by atoms with van der Waals surface area (Å²) in [7, 11) is 0. The number of nitrogens with zero attached hydrogens (tertiary/aromatic N) is 2. The summed E-state index contributed by atoms with van der Waals surface area (Å²) in [5, 5.41) is 9.24. The fourth-order valence-corrected chi connectivity index (χ4v) is 2.64. The molecule has 2 amide bonds. The first-order chi connectivity index (χ1) is 14.5. The molecule has 1 aliphatic rings. The summed E-state index contributed by atoms with van der Waals surface area (Å²) in [6, 6.07) is 14.9. The molecule has 3 N–H and O–H groups in total. The molecule has 2 aromatic rings. The standard InChI is InChI=1S/C21H21N5O4/c1-2-30-20(29)15-8-10-16(11-9-15)23-18(27)12-17-19(28)25-21(24-17)26-22-13-14-6-4-3-5-7-14/h3-11,13,17H,2,12H2,1H3,(H,23,27)(H2,24,25,26,28)/b22-13+/t17-/m0/s1. The SMILES string of the molecule is CCOC(=O)c1ccc(NC(=O)C[C@@H]2N=C(N/N=C/c3ccccc3)NC2=O)cc1. The molecular formula is C21H21N5O4. The topological polar surface area (TPSA) is 121 Å². The molecule has 9 nitrogen and oxygen atoms in total. The zero-order valence-electron chi connectivity index (χ0n) is 16.3. The van der Waals surface area contributed by atoms with Gasteiger partial charge in [-0.15, -0.1) is 0 Å². The Labute approximate surface area is 173 Å². The average Bonchev–Trinajstić information content (AvgIpc) is 3.08. The van der Waals surface area contributed by atoms with E-state index in [2.05, 4.69) is 26.2 Å². The van der Waals surface area contributed by atoms with E-state index < -0.39 is 12.0 Å². The van der Waals surface area contributed by atoms with Crippen LogP contribution >= 0.6 is 0 Å². The van der Waals surface area contributed by atoms with Crippen LogP contribution in [0, 0.1) is 0 Å². The van der Waals surface area contributed by atoms with Gasteiger partial charge in [0.25, 0.3) is 5.91 Å². The van der Waals surface area contributed by atoms with Gasteiger partial charge in [-0.1, -0.05) is 30.3 Å². The zero-order valence-corrected chi connectivity index (χ0v) is 16.3. The molecule has 1 heterocycles. The van der Waals surface area contributed by atoms with Crippen molar-refractivity contribution in [2.75, 3.05) is 11.9 Å². The van der Waals surface area contributed by atoms with Gasteiger partial charge in [0.15, 0.2) is 0 Å². The Hall–Kier alpha value is -4.01. The zero-order chi connectivity index (χ0) is 21.3. The summed E-state index contributed by atoms with van der Waals surface area (Å²) >= 11 is 0. The van der Waals surface area contributed by atoms with Crippen molar-refractivity contribution in [2.24, 2.45) is 10.1 Å². The fraction of sp³-hybridized carbons (Fsp3) is 0.190. The third-order valence-corrected chi connectivity index (χ3v) is 4.07. The van der Waals surface area contributed by atoms with E-state index in [-0.39, 0.29) is 30.8 Å². The maximum absolute atomic E-state index is 12.2. The molecule has 1 atom stereocenters. The van der Waals surface area contributed by atoms with Gasteiger partial charge in [0.2, 0.25) is 11.9 Å². The maximum atomic E-state index is 12.2. The summed E-state index contributed by atoms with van der Waals surface area (Å²) in [6.07, 6.45) is 1.47. The Morgan fingerprint density at radius 2 is 1.90 bits per heavy atom. The highest BCUT2D eigenvalue weighted by Gasteiger charge is 2.28. The van der Waals surface area contributed by atoms with Gasteiger partial charge in [-0.05, 0) is 36.8 Å². The van der Waals surface area contributed by atoms with Crippen LogP contribution in [0.15, 0.2) is 64.7 Å². The predicted molar refractivity (Wildman–Crippen MR) is 112 cm³/mol. The van der Waals surface area contributed by atoms with Gasteiger partial charge in [-0.25, -0.2) is 15.2 Å². The Balaban J connectivity index is 1.51. The quantitative estimate of drug-likeness (QED) is 0.366. The third kappa shape index (κ3) is 5.74. The van der Waals surface area contributed by atoms with Crippen LogP contribution in [0.2, 0.25) is 0 Å². The molecule has 0 unspecified atom stereocenters. The molecule has 9 heteroatoms. The Morgan fingerprint density at radius 1 is 1.17 bits per heavy atom. The molecule has 0 radical (unpaired) electrons. The number of carbonyl (C=O) groups is 3. The molecule has 0 bridgehead atoms. The lowest BCUT2D eigenvalue weighted by molar-refractivity contribution is -0.123. The van der Waals surface area contributed by atoms with E-state index in [9.17, 15) is 14.4 Å². The van der Waals surface area contributed by atoms with Crippen molar-refractivity contribution in [3.8, 4) is 0 Å².